The molecule has 1 heterocycles. The van der Waals surface area contributed by atoms with E-state index in [1.54, 1.807) is 24.3 Å². The molecule has 0 saturated carbocycles. The van der Waals surface area contributed by atoms with Gasteiger partial charge in [0, 0.05) is 29.1 Å². The van der Waals surface area contributed by atoms with Crippen LogP contribution in [-0.4, -0.2) is 49.9 Å². The Morgan fingerprint density at radius 3 is 2.24 bits per heavy atom. The van der Waals surface area contributed by atoms with Crippen LogP contribution in [0, 0.1) is 0 Å². The number of carbonyl (C=O) groups is 2. The first kappa shape index (κ1) is 28.9. The second kappa shape index (κ2) is 11.0. The van der Waals surface area contributed by atoms with Crippen molar-refractivity contribution < 1.29 is 31.2 Å². The molecule has 0 spiro atoms. The number of para-hydroxylation sites is 1. The van der Waals surface area contributed by atoms with Gasteiger partial charge in [-0.15, -0.1) is 0 Å². The Hall–Kier alpha value is -2.64. The predicted molar refractivity (Wildman–Crippen MR) is 137 cm³/mol. The molecule has 202 valence electrons. The Labute approximate surface area is 222 Å². The van der Waals surface area contributed by atoms with E-state index in [0.717, 1.165) is 12.1 Å². The molecule has 1 fully saturated rings. The number of benzene rings is 2. The van der Waals surface area contributed by atoms with Crippen molar-refractivity contribution in [3.8, 4) is 0 Å². The van der Waals surface area contributed by atoms with Crippen LogP contribution in [0.3, 0.4) is 0 Å². The van der Waals surface area contributed by atoms with Crippen LogP contribution in [0.25, 0.3) is 0 Å². The molecule has 1 aliphatic heterocycles. The van der Waals surface area contributed by atoms with Gasteiger partial charge in [-0.2, -0.15) is 13.2 Å². The van der Waals surface area contributed by atoms with Crippen LogP contribution in [0.15, 0.2) is 51.8 Å². The van der Waals surface area contributed by atoms with Crippen molar-refractivity contribution in [2.75, 3.05) is 18.4 Å². The molecule has 0 atom stereocenters. The molecule has 0 aromatic heterocycles. The number of nitrogens with one attached hydrogen (secondary N) is 3. The van der Waals surface area contributed by atoms with Crippen molar-refractivity contribution in [2.24, 2.45) is 0 Å². The summed E-state index contributed by atoms with van der Waals surface area (Å²) < 4.78 is 68.4. The molecule has 13 heteroatoms. The fourth-order valence-corrected chi connectivity index (χ4v) is 5.76. The topological polar surface area (TPSA) is 108 Å². The summed E-state index contributed by atoms with van der Waals surface area (Å²) >= 11 is 2.94. The molecule has 1 saturated heterocycles. The standard InChI is InChI=1S/C24H28BrF3N4O4S/c1-23(2,3)30-22(34)29-19-7-5-4-6-17(19)21(33)32-12-10-16(11-13-32)31-37(35,36)20-9-8-15(25)14-18(20)24(26,27)28/h4-9,14,16,31H,10-13H2,1-3H3,(H2,29,30,34). The van der Waals surface area contributed by atoms with Gasteiger partial charge in [0.25, 0.3) is 5.91 Å². The second-order valence-corrected chi connectivity index (χ2v) is 12.3. The summed E-state index contributed by atoms with van der Waals surface area (Å²) in [5.41, 5.74) is -1.14. The summed E-state index contributed by atoms with van der Waals surface area (Å²) in [7, 11) is -4.46. The summed E-state index contributed by atoms with van der Waals surface area (Å²) in [6, 6.07) is 8.29. The van der Waals surface area contributed by atoms with Gasteiger partial charge in [0.15, 0.2) is 0 Å². The number of rotatable bonds is 5. The van der Waals surface area contributed by atoms with Crippen LogP contribution in [0.4, 0.5) is 23.7 Å². The van der Waals surface area contributed by atoms with E-state index in [-0.39, 0.29) is 41.9 Å². The third kappa shape index (κ3) is 7.68. The van der Waals surface area contributed by atoms with E-state index in [1.165, 1.54) is 11.0 Å². The Kier molecular flexibility index (Phi) is 8.60. The number of carbonyl (C=O) groups excluding carboxylic acids is 2. The number of hydrogen-bond donors (Lipinski definition) is 3. The first-order valence-electron chi connectivity index (χ1n) is 11.4. The fraction of sp³-hybridized carbons (Fsp3) is 0.417. The summed E-state index contributed by atoms with van der Waals surface area (Å²) in [5, 5.41) is 5.44. The maximum atomic E-state index is 13.4. The SMILES string of the molecule is CC(C)(C)NC(=O)Nc1ccccc1C(=O)N1CCC(NS(=O)(=O)c2ccc(Br)cc2C(F)(F)F)CC1. The average molecular weight is 605 g/mol. The molecule has 3 N–H and O–H groups in total. The highest BCUT2D eigenvalue weighted by Crippen LogP contribution is 2.36. The summed E-state index contributed by atoms with van der Waals surface area (Å²) in [6.07, 6.45) is -4.43. The van der Waals surface area contributed by atoms with Gasteiger partial charge in [-0.05, 0) is 63.9 Å². The van der Waals surface area contributed by atoms with E-state index in [9.17, 15) is 31.2 Å². The van der Waals surface area contributed by atoms with Gasteiger partial charge < -0.3 is 15.5 Å². The molecule has 0 unspecified atom stereocenters. The number of sulfonamides is 1. The lowest BCUT2D eigenvalue weighted by Crippen LogP contribution is -2.47. The number of amides is 3. The number of likely N-dealkylation sites (tertiary alicyclic amines) is 1. The molecular formula is C24H28BrF3N4O4S. The third-order valence-electron chi connectivity index (χ3n) is 5.53. The van der Waals surface area contributed by atoms with E-state index < -0.39 is 44.3 Å². The largest absolute Gasteiger partial charge is 0.417 e. The minimum atomic E-state index is -4.85. The van der Waals surface area contributed by atoms with Gasteiger partial charge in [0.05, 0.1) is 21.7 Å². The van der Waals surface area contributed by atoms with Gasteiger partial charge >= 0.3 is 12.2 Å². The summed E-state index contributed by atoms with van der Waals surface area (Å²) in [5.74, 6) is -0.347. The number of nitrogens with zero attached hydrogens (tertiary/aromatic N) is 1. The van der Waals surface area contributed by atoms with Gasteiger partial charge in [-0.3, -0.25) is 4.79 Å². The number of anilines is 1. The Morgan fingerprint density at radius 2 is 1.65 bits per heavy atom. The lowest BCUT2D eigenvalue weighted by Gasteiger charge is -2.33. The zero-order chi connectivity index (χ0) is 27.6. The Balaban J connectivity index is 1.68. The number of hydrogen-bond acceptors (Lipinski definition) is 4. The van der Waals surface area contributed by atoms with Gasteiger partial charge in [0.1, 0.15) is 0 Å². The predicted octanol–water partition coefficient (Wildman–Crippen LogP) is 4.97. The number of piperidine rings is 1. The quantitative estimate of drug-likeness (QED) is 0.448. The van der Waals surface area contributed by atoms with Crippen LogP contribution in [0.2, 0.25) is 0 Å². The molecule has 3 rings (SSSR count). The van der Waals surface area contributed by atoms with Crippen LogP contribution in [0.1, 0.15) is 49.5 Å². The maximum absolute atomic E-state index is 13.4. The Bertz CT molecular complexity index is 1270. The van der Waals surface area contributed by atoms with Crippen molar-refractivity contribution in [1.29, 1.82) is 0 Å². The molecule has 2 aromatic rings. The highest BCUT2D eigenvalue weighted by molar-refractivity contribution is 9.10. The lowest BCUT2D eigenvalue weighted by atomic mass is 10.0. The normalized spacial score (nSPS) is 15.4. The van der Waals surface area contributed by atoms with Crippen LogP contribution in [0.5, 0.6) is 0 Å². The monoisotopic (exact) mass is 604 g/mol. The van der Waals surface area contributed by atoms with E-state index in [0.29, 0.717) is 5.69 Å². The smallest absolute Gasteiger partial charge is 0.338 e. The van der Waals surface area contributed by atoms with E-state index in [4.69, 9.17) is 0 Å². The highest BCUT2D eigenvalue weighted by Gasteiger charge is 2.38. The van der Waals surface area contributed by atoms with Crippen LogP contribution >= 0.6 is 15.9 Å². The van der Waals surface area contributed by atoms with Gasteiger partial charge in [-0.1, -0.05) is 28.1 Å². The zero-order valence-electron chi connectivity index (χ0n) is 20.4. The molecule has 2 aromatic carbocycles. The van der Waals surface area contributed by atoms with Crippen molar-refractivity contribution in [2.45, 2.75) is 56.3 Å². The summed E-state index contributed by atoms with van der Waals surface area (Å²) in [6.45, 7) is 5.83. The summed E-state index contributed by atoms with van der Waals surface area (Å²) in [4.78, 5) is 26.1. The molecule has 3 amide bonds. The third-order valence-corrected chi connectivity index (χ3v) is 7.61. The first-order chi connectivity index (χ1) is 17.1. The van der Waals surface area contributed by atoms with Gasteiger partial charge in [-0.25, -0.2) is 17.9 Å². The molecule has 8 nitrogen and oxygen atoms in total. The molecule has 0 radical (unpaired) electrons. The molecule has 0 bridgehead atoms. The van der Waals surface area contributed by atoms with Crippen LogP contribution < -0.4 is 15.4 Å². The van der Waals surface area contributed by atoms with E-state index in [2.05, 4.69) is 31.3 Å². The molecular weight excluding hydrogens is 577 g/mol. The lowest BCUT2D eigenvalue weighted by molar-refractivity contribution is -0.139. The Morgan fingerprint density at radius 1 is 1.03 bits per heavy atom. The molecule has 1 aliphatic rings. The first-order valence-corrected chi connectivity index (χ1v) is 13.7. The maximum Gasteiger partial charge on any atom is 0.417 e. The number of halogens is 4. The molecule has 0 aliphatic carbocycles. The van der Waals surface area contributed by atoms with Gasteiger partial charge in [0.2, 0.25) is 10.0 Å². The number of alkyl halides is 3. The fourth-order valence-electron chi connectivity index (χ4n) is 3.88. The minimum Gasteiger partial charge on any atom is -0.338 e. The number of urea groups is 1. The van der Waals surface area contributed by atoms with E-state index >= 15 is 0 Å². The van der Waals surface area contributed by atoms with Crippen molar-refractivity contribution >= 4 is 43.6 Å². The van der Waals surface area contributed by atoms with Crippen molar-refractivity contribution in [3.05, 3.63) is 58.1 Å². The van der Waals surface area contributed by atoms with Crippen molar-refractivity contribution in [1.82, 2.24) is 14.9 Å². The second-order valence-electron chi connectivity index (χ2n) is 9.70. The zero-order valence-corrected chi connectivity index (χ0v) is 22.9. The highest BCUT2D eigenvalue weighted by atomic mass is 79.9. The molecule has 37 heavy (non-hydrogen) atoms. The van der Waals surface area contributed by atoms with E-state index in [1.807, 2.05) is 20.8 Å². The minimum absolute atomic E-state index is 0.108. The average Bonchev–Trinajstić information content (AvgIpc) is 2.77. The van der Waals surface area contributed by atoms with Crippen molar-refractivity contribution in [3.63, 3.8) is 0 Å². The van der Waals surface area contributed by atoms with Crippen LogP contribution in [-0.2, 0) is 16.2 Å².